The van der Waals surface area contributed by atoms with Crippen LogP contribution in [0.4, 0.5) is 0 Å². The molecule has 8 aromatic carbocycles. The van der Waals surface area contributed by atoms with Gasteiger partial charge in [-0.3, -0.25) is 0 Å². The Bertz CT molecular complexity index is 2870. The highest BCUT2D eigenvalue weighted by atomic mass is 32.1. The summed E-state index contributed by atoms with van der Waals surface area (Å²) in [6.07, 6.45) is 0. The third-order valence-corrected chi connectivity index (χ3v) is 11.3. The van der Waals surface area contributed by atoms with Crippen LogP contribution in [-0.2, 0) is 0 Å². The van der Waals surface area contributed by atoms with Crippen molar-refractivity contribution in [3.05, 3.63) is 200 Å². The zero-order valence-electron chi connectivity index (χ0n) is 29.8. The molecule has 2 aromatic heterocycles. The lowest BCUT2D eigenvalue weighted by Gasteiger charge is -2.14. The number of nitrogens with zero attached hydrogens (tertiary/aromatic N) is 3. The smallest absolute Gasteiger partial charge is 0.164 e. The highest BCUT2D eigenvalue weighted by molar-refractivity contribution is 7.25. The maximum absolute atomic E-state index is 5.19. The fraction of sp³-hybridized carbons (Fsp3) is 0. The second-order valence-electron chi connectivity index (χ2n) is 13.6. The van der Waals surface area contributed by atoms with E-state index in [-0.39, 0.29) is 0 Å². The first-order valence-electron chi connectivity index (χ1n) is 18.4. The van der Waals surface area contributed by atoms with Gasteiger partial charge in [0.2, 0.25) is 0 Å². The predicted molar refractivity (Wildman–Crippen MR) is 231 cm³/mol. The molecule has 0 fully saturated rings. The highest BCUT2D eigenvalue weighted by Crippen LogP contribution is 2.38. The van der Waals surface area contributed by atoms with Crippen LogP contribution in [0.2, 0.25) is 0 Å². The van der Waals surface area contributed by atoms with Crippen LogP contribution < -0.4 is 0 Å². The Labute approximate surface area is 323 Å². The van der Waals surface area contributed by atoms with Gasteiger partial charge in [-0.2, -0.15) is 0 Å². The third kappa shape index (κ3) is 6.29. The van der Waals surface area contributed by atoms with E-state index in [9.17, 15) is 0 Å². The Balaban J connectivity index is 1.05. The molecule has 0 saturated heterocycles. The van der Waals surface area contributed by atoms with Crippen LogP contribution in [0.1, 0.15) is 0 Å². The summed E-state index contributed by atoms with van der Waals surface area (Å²) in [4.78, 5) is 15.5. The van der Waals surface area contributed by atoms with Crippen molar-refractivity contribution in [2.45, 2.75) is 0 Å². The SMILES string of the molecule is c1ccc(-c2ccccc2-c2nc(-c3ccc(-c4cccc(-c5ccc6c(c5)sc5ccccc56)c4)cc3)nc(-c3ccccc3-c3ccccc3)n2)cc1. The monoisotopic (exact) mass is 719 g/mol. The Kier molecular flexibility index (Phi) is 8.36. The molecule has 55 heavy (non-hydrogen) atoms. The lowest BCUT2D eigenvalue weighted by atomic mass is 9.97. The maximum Gasteiger partial charge on any atom is 0.164 e. The molecule has 2 heterocycles. The molecule has 0 unspecified atom stereocenters. The molecule has 0 aliphatic heterocycles. The van der Waals surface area contributed by atoms with Gasteiger partial charge in [-0.25, -0.2) is 15.0 Å². The van der Waals surface area contributed by atoms with E-state index in [2.05, 4.69) is 176 Å². The van der Waals surface area contributed by atoms with Crippen molar-refractivity contribution in [2.24, 2.45) is 0 Å². The van der Waals surface area contributed by atoms with Crippen LogP contribution in [0.25, 0.3) is 98.8 Å². The van der Waals surface area contributed by atoms with E-state index in [1.165, 1.54) is 31.3 Å². The second-order valence-corrected chi connectivity index (χ2v) is 14.7. The van der Waals surface area contributed by atoms with Gasteiger partial charge in [-0.05, 0) is 62.7 Å². The van der Waals surface area contributed by atoms with Crippen molar-refractivity contribution in [1.29, 1.82) is 0 Å². The molecule has 258 valence electrons. The van der Waals surface area contributed by atoms with Crippen molar-refractivity contribution in [3.63, 3.8) is 0 Å². The van der Waals surface area contributed by atoms with Gasteiger partial charge in [0.1, 0.15) is 0 Å². The summed E-state index contributed by atoms with van der Waals surface area (Å²) < 4.78 is 2.63. The van der Waals surface area contributed by atoms with Gasteiger partial charge in [0.05, 0.1) is 0 Å². The van der Waals surface area contributed by atoms with Crippen molar-refractivity contribution < 1.29 is 0 Å². The number of hydrogen-bond donors (Lipinski definition) is 0. The molecule has 0 saturated carbocycles. The van der Waals surface area contributed by atoms with Crippen LogP contribution in [0.15, 0.2) is 200 Å². The molecule has 10 rings (SSSR count). The van der Waals surface area contributed by atoms with Crippen LogP contribution in [0, 0.1) is 0 Å². The zero-order valence-corrected chi connectivity index (χ0v) is 30.6. The normalized spacial score (nSPS) is 11.3. The minimum Gasteiger partial charge on any atom is -0.208 e. The number of hydrogen-bond acceptors (Lipinski definition) is 4. The lowest BCUT2D eigenvalue weighted by molar-refractivity contribution is 1.07. The van der Waals surface area contributed by atoms with E-state index >= 15 is 0 Å². The molecule has 0 spiro atoms. The largest absolute Gasteiger partial charge is 0.208 e. The number of thiophene rings is 1. The van der Waals surface area contributed by atoms with Gasteiger partial charge in [-0.1, -0.05) is 182 Å². The summed E-state index contributed by atoms with van der Waals surface area (Å²) in [6.45, 7) is 0. The van der Waals surface area contributed by atoms with E-state index in [1.807, 2.05) is 35.6 Å². The molecule has 10 aromatic rings. The molecule has 3 nitrogen and oxygen atoms in total. The fourth-order valence-corrected chi connectivity index (χ4v) is 8.58. The van der Waals surface area contributed by atoms with Gasteiger partial charge < -0.3 is 0 Å². The van der Waals surface area contributed by atoms with Crippen molar-refractivity contribution in [1.82, 2.24) is 15.0 Å². The molecule has 0 aliphatic carbocycles. The summed E-state index contributed by atoms with van der Waals surface area (Å²) in [6, 6.07) is 70.4. The second kappa shape index (κ2) is 14.1. The van der Waals surface area contributed by atoms with Crippen molar-refractivity contribution in [3.8, 4) is 78.7 Å². The van der Waals surface area contributed by atoms with Crippen molar-refractivity contribution >= 4 is 31.5 Å². The van der Waals surface area contributed by atoms with Crippen molar-refractivity contribution in [2.75, 3.05) is 0 Å². The van der Waals surface area contributed by atoms with Crippen LogP contribution >= 0.6 is 11.3 Å². The minimum atomic E-state index is 0.627. The summed E-state index contributed by atoms with van der Waals surface area (Å²) in [5, 5.41) is 2.63. The van der Waals surface area contributed by atoms with E-state index < -0.39 is 0 Å². The molecule has 0 aliphatic rings. The molecule has 0 bridgehead atoms. The summed E-state index contributed by atoms with van der Waals surface area (Å²) in [5.41, 5.74) is 11.9. The first-order valence-corrected chi connectivity index (χ1v) is 19.3. The third-order valence-electron chi connectivity index (χ3n) is 10.2. The maximum atomic E-state index is 5.19. The molecule has 0 N–H and O–H groups in total. The number of rotatable bonds is 7. The molecule has 0 radical (unpaired) electrons. The number of aromatic nitrogens is 3. The molecule has 4 heteroatoms. The summed E-state index contributed by atoms with van der Waals surface area (Å²) in [7, 11) is 0. The van der Waals surface area contributed by atoms with Gasteiger partial charge in [0.15, 0.2) is 17.5 Å². The Morgan fingerprint density at radius 1 is 0.255 bits per heavy atom. The first-order chi connectivity index (χ1) is 27.2. The zero-order chi connectivity index (χ0) is 36.6. The molecule has 0 amide bonds. The van der Waals surface area contributed by atoms with Gasteiger partial charge in [0.25, 0.3) is 0 Å². The molecular weight excluding hydrogens is 687 g/mol. The molecular formula is C51H33N3S. The summed E-state index contributed by atoms with van der Waals surface area (Å²) in [5.74, 6) is 1.90. The van der Waals surface area contributed by atoms with E-state index in [4.69, 9.17) is 15.0 Å². The van der Waals surface area contributed by atoms with Crippen LogP contribution in [0.3, 0.4) is 0 Å². The molecule has 0 atom stereocenters. The quantitative estimate of drug-likeness (QED) is 0.165. The first kappa shape index (κ1) is 32.6. The number of benzene rings is 8. The highest BCUT2D eigenvalue weighted by Gasteiger charge is 2.18. The summed E-state index contributed by atoms with van der Waals surface area (Å²) >= 11 is 1.85. The van der Waals surface area contributed by atoms with Gasteiger partial charge >= 0.3 is 0 Å². The standard InChI is InChI=1S/C51H33N3S/c1-3-14-35(15-4-1)41-20-7-9-23-45(41)50-52-49(53-51(54-50)46-24-10-8-21-42(46)36-16-5-2-6-17-36)37-28-26-34(27-29-37)38-18-13-19-39(32-38)40-30-31-44-43-22-11-12-25-47(43)55-48(44)33-40/h1-33H. The van der Waals surface area contributed by atoms with Gasteiger partial charge in [0, 0.05) is 36.9 Å². The van der Waals surface area contributed by atoms with E-state index in [0.29, 0.717) is 17.5 Å². The average Bonchev–Trinajstić information content (AvgIpc) is 3.65. The average molecular weight is 720 g/mol. The van der Waals surface area contributed by atoms with Gasteiger partial charge in [-0.15, -0.1) is 11.3 Å². The Morgan fingerprint density at radius 3 is 1.33 bits per heavy atom. The predicted octanol–water partition coefficient (Wildman–Crippen LogP) is 13.9. The Hall–Kier alpha value is -7.01. The van der Waals surface area contributed by atoms with E-state index in [0.717, 1.165) is 50.1 Å². The minimum absolute atomic E-state index is 0.627. The number of fused-ring (bicyclic) bond motifs is 3. The van der Waals surface area contributed by atoms with Crippen LogP contribution in [-0.4, -0.2) is 15.0 Å². The Morgan fingerprint density at radius 2 is 0.691 bits per heavy atom. The topological polar surface area (TPSA) is 38.7 Å². The van der Waals surface area contributed by atoms with Crippen LogP contribution in [0.5, 0.6) is 0 Å². The fourth-order valence-electron chi connectivity index (χ4n) is 7.44. The lowest BCUT2D eigenvalue weighted by Crippen LogP contribution is -2.02. The van der Waals surface area contributed by atoms with E-state index in [1.54, 1.807) is 0 Å².